The molecule has 1 amide bonds. The van der Waals surface area contributed by atoms with Gasteiger partial charge in [0, 0.05) is 37.4 Å². The maximum absolute atomic E-state index is 12.7. The van der Waals surface area contributed by atoms with Crippen LogP contribution in [-0.4, -0.2) is 60.5 Å². The average Bonchev–Trinajstić information content (AvgIpc) is 3.46. The van der Waals surface area contributed by atoms with Gasteiger partial charge < -0.3 is 14.8 Å². The van der Waals surface area contributed by atoms with Crippen LogP contribution in [0.15, 0.2) is 78.9 Å². The SMILES string of the molecule is COC(=O)c1ccc(CN2C[C@@H]3C[C@H]2CN3CC(=O)Nc2ccc(Oc3ccccc3)cc2)cc1. The van der Waals surface area contributed by atoms with Crippen LogP contribution in [0.3, 0.4) is 0 Å². The van der Waals surface area contributed by atoms with Gasteiger partial charge in [0.2, 0.25) is 5.91 Å². The van der Waals surface area contributed by atoms with Crippen LogP contribution < -0.4 is 10.1 Å². The number of likely N-dealkylation sites (tertiary alicyclic amines) is 2. The molecule has 7 nitrogen and oxygen atoms in total. The average molecular weight is 472 g/mol. The molecule has 7 heteroatoms. The summed E-state index contributed by atoms with van der Waals surface area (Å²) < 4.78 is 10.6. The molecular formula is C28H29N3O4. The fourth-order valence-corrected chi connectivity index (χ4v) is 4.93. The fraction of sp³-hybridized carbons (Fsp3) is 0.286. The molecule has 0 radical (unpaired) electrons. The van der Waals surface area contributed by atoms with Crippen LogP contribution in [0.1, 0.15) is 22.3 Å². The van der Waals surface area contributed by atoms with Gasteiger partial charge in [-0.1, -0.05) is 30.3 Å². The van der Waals surface area contributed by atoms with Gasteiger partial charge in [-0.15, -0.1) is 0 Å². The second-order valence-corrected chi connectivity index (χ2v) is 9.08. The number of piperazine rings is 1. The highest BCUT2D eigenvalue weighted by Gasteiger charge is 2.43. The van der Waals surface area contributed by atoms with Gasteiger partial charge >= 0.3 is 5.97 Å². The Hall–Kier alpha value is -3.68. The van der Waals surface area contributed by atoms with Crippen LogP contribution in [0.4, 0.5) is 5.69 Å². The minimum Gasteiger partial charge on any atom is -0.465 e. The van der Waals surface area contributed by atoms with Crippen molar-refractivity contribution in [2.24, 2.45) is 0 Å². The van der Waals surface area contributed by atoms with Crippen molar-refractivity contribution in [2.45, 2.75) is 25.0 Å². The van der Waals surface area contributed by atoms with Gasteiger partial charge in [0.05, 0.1) is 19.2 Å². The lowest BCUT2D eigenvalue weighted by Gasteiger charge is -2.33. The number of hydrogen-bond acceptors (Lipinski definition) is 6. The molecule has 3 aromatic carbocycles. The Balaban J connectivity index is 1.09. The third-order valence-electron chi connectivity index (χ3n) is 6.69. The summed E-state index contributed by atoms with van der Waals surface area (Å²) in [6.07, 6.45) is 1.08. The largest absolute Gasteiger partial charge is 0.465 e. The van der Waals surface area contributed by atoms with Gasteiger partial charge in [-0.05, 0) is 60.5 Å². The molecular weight excluding hydrogens is 442 g/mol. The van der Waals surface area contributed by atoms with Gasteiger partial charge in [-0.3, -0.25) is 14.6 Å². The number of nitrogens with one attached hydrogen (secondary N) is 1. The van der Waals surface area contributed by atoms with Gasteiger partial charge in [0.25, 0.3) is 0 Å². The quantitative estimate of drug-likeness (QED) is 0.498. The Morgan fingerprint density at radius 1 is 0.857 bits per heavy atom. The minimum absolute atomic E-state index is 0.000716. The molecule has 0 saturated carbocycles. The van der Waals surface area contributed by atoms with Gasteiger partial charge in [0.1, 0.15) is 11.5 Å². The lowest BCUT2D eigenvalue weighted by molar-refractivity contribution is -0.117. The summed E-state index contributed by atoms with van der Waals surface area (Å²) >= 11 is 0. The lowest BCUT2D eigenvalue weighted by atomic mass is 10.1. The number of hydrogen-bond donors (Lipinski definition) is 1. The molecule has 1 N–H and O–H groups in total. The zero-order valence-electron chi connectivity index (χ0n) is 19.7. The van der Waals surface area contributed by atoms with Crippen molar-refractivity contribution in [1.29, 1.82) is 0 Å². The Morgan fingerprint density at radius 2 is 1.51 bits per heavy atom. The first kappa shape index (κ1) is 23.1. The molecule has 2 aliphatic rings. The smallest absolute Gasteiger partial charge is 0.337 e. The van der Waals surface area contributed by atoms with E-state index < -0.39 is 0 Å². The summed E-state index contributed by atoms with van der Waals surface area (Å²) in [6.45, 7) is 3.08. The van der Waals surface area contributed by atoms with E-state index in [1.54, 1.807) is 0 Å². The molecule has 2 bridgehead atoms. The van der Waals surface area contributed by atoms with Gasteiger partial charge in [-0.25, -0.2) is 4.79 Å². The van der Waals surface area contributed by atoms with Crippen molar-refractivity contribution in [3.8, 4) is 11.5 Å². The third kappa shape index (κ3) is 5.53. The predicted molar refractivity (Wildman–Crippen MR) is 134 cm³/mol. The van der Waals surface area contributed by atoms with Gasteiger partial charge in [-0.2, -0.15) is 0 Å². The number of carbonyl (C=O) groups is 2. The first-order valence-corrected chi connectivity index (χ1v) is 11.9. The third-order valence-corrected chi connectivity index (χ3v) is 6.69. The molecule has 2 fully saturated rings. The Bertz CT molecular complexity index is 1170. The van der Waals surface area contributed by atoms with Crippen molar-refractivity contribution >= 4 is 17.6 Å². The van der Waals surface area contributed by atoms with Crippen LogP contribution in [0.25, 0.3) is 0 Å². The normalized spacial score (nSPS) is 19.5. The molecule has 2 heterocycles. The van der Waals surface area contributed by atoms with Crippen LogP contribution in [0.2, 0.25) is 0 Å². The summed E-state index contributed by atoms with van der Waals surface area (Å²) in [5.41, 5.74) is 2.50. The topological polar surface area (TPSA) is 71.1 Å². The van der Waals surface area contributed by atoms with Crippen molar-refractivity contribution in [2.75, 3.05) is 32.1 Å². The molecule has 35 heavy (non-hydrogen) atoms. The molecule has 2 saturated heterocycles. The number of ether oxygens (including phenoxy) is 2. The number of amides is 1. The number of anilines is 1. The molecule has 0 aliphatic carbocycles. The lowest BCUT2D eigenvalue weighted by Crippen LogP contribution is -2.48. The monoisotopic (exact) mass is 471 g/mol. The molecule has 180 valence electrons. The zero-order chi connectivity index (χ0) is 24.2. The zero-order valence-corrected chi connectivity index (χ0v) is 19.7. The van der Waals surface area contributed by atoms with Crippen LogP contribution in [0.5, 0.6) is 11.5 Å². The van der Waals surface area contributed by atoms with E-state index in [4.69, 9.17) is 9.47 Å². The van der Waals surface area contributed by atoms with Crippen molar-refractivity contribution in [3.05, 3.63) is 90.0 Å². The first-order valence-electron chi connectivity index (χ1n) is 11.9. The number of rotatable bonds is 8. The number of esters is 1. The summed E-state index contributed by atoms with van der Waals surface area (Å²) in [7, 11) is 1.39. The van der Waals surface area contributed by atoms with Crippen LogP contribution in [-0.2, 0) is 16.1 Å². The molecule has 0 spiro atoms. The summed E-state index contributed by atoms with van der Waals surface area (Å²) in [6, 6.07) is 25.5. The summed E-state index contributed by atoms with van der Waals surface area (Å²) in [5.74, 6) is 1.19. The maximum atomic E-state index is 12.7. The molecule has 0 aromatic heterocycles. The summed E-state index contributed by atoms with van der Waals surface area (Å²) in [5, 5.41) is 3.00. The van der Waals surface area contributed by atoms with E-state index in [9.17, 15) is 9.59 Å². The number of para-hydroxylation sites is 1. The van der Waals surface area contributed by atoms with E-state index >= 15 is 0 Å². The van der Waals surface area contributed by atoms with Crippen molar-refractivity contribution < 1.29 is 19.1 Å². The fourth-order valence-electron chi connectivity index (χ4n) is 4.93. The van der Waals surface area contributed by atoms with Crippen molar-refractivity contribution in [1.82, 2.24) is 9.80 Å². The van der Waals surface area contributed by atoms with E-state index in [1.807, 2.05) is 78.9 Å². The molecule has 2 aliphatic heterocycles. The minimum atomic E-state index is -0.317. The van der Waals surface area contributed by atoms with E-state index in [0.717, 1.165) is 43.2 Å². The second-order valence-electron chi connectivity index (χ2n) is 9.08. The predicted octanol–water partition coefficient (Wildman–Crippen LogP) is 4.16. The first-order chi connectivity index (χ1) is 17.1. The highest BCUT2D eigenvalue weighted by molar-refractivity contribution is 5.92. The van der Waals surface area contributed by atoms with E-state index in [-0.39, 0.29) is 11.9 Å². The molecule has 5 rings (SSSR count). The second kappa shape index (κ2) is 10.3. The number of fused-ring (bicyclic) bond motifs is 2. The van der Waals surface area contributed by atoms with E-state index in [1.165, 1.54) is 12.7 Å². The standard InChI is InChI=1S/C28H29N3O4/c1-34-28(33)21-9-7-20(8-10-21)16-30-17-24-15-23(30)18-31(24)19-27(32)29-22-11-13-26(14-12-22)35-25-5-3-2-4-6-25/h2-14,23-24H,15-19H2,1H3,(H,29,32)/t23-,24-/m0/s1. The highest BCUT2D eigenvalue weighted by Crippen LogP contribution is 2.32. The van der Waals surface area contributed by atoms with Crippen molar-refractivity contribution in [3.63, 3.8) is 0 Å². The maximum Gasteiger partial charge on any atom is 0.337 e. The van der Waals surface area contributed by atoms with Gasteiger partial charge in [0.15, 0.2) is 0 Å². The highest BCUT2D eigenvalue weighted by atomic mass is 16.5. The van der Waals surface area contributed by atoms with Crippen LogP contribution >= 0.6 is 0 Å². The number of benzene rings is 3. The Labute approximate surface area is 205 Å². The molecule has 0 unspecified atom stereocenters. The van der Waals surface area contributed by atoms with Crippen LogP contribution in [0, 0.1) is 0 Å². The number of nitrogens with zero attached hydrogens (tertiary/aromatic N) is 2. The number of carbonyl (C=O) groups excluding carboxylic acids is 2. The summed E-state index contributed by atoms with van der Waals surface area (Å²) in [4.78, 5) is 29.0. The molecule has 3 aromatic rings. The Kier molecular flexibility index (Phi) is 6.79. The van der Waals surface area contributed by atoms with E-state index in [2.05, 4.69) is 15.1 Å². The number of methoxy groups -OCH3 is 1. The molecule has 2 atom stereocenters. The van der Waals surface area contributed by atoms with E-state index in [0.29, 0.717) is 24.2 Å². The Morgan fingerprint density at radius 3 is 2.17 bits per heavy atom.